The molecule has 2 rings (SSSR count). The first kappa shape index (κ1) is 11.6. The number of benzene rings is 1. The molecule has 0 atom stereocenters. The van der Waals surface area contributed by atoms with Crippen LogP contribution in [0.15, 0.2) is 42.6 Å². The normalized spacial score (nSPS) is 9.94. The molecule has 4 heteroatoms. The van der Waals surface area contributed by atoms with Crippen molar-refractivity contribution in [3.63, 3.8) is 0 Å². The zero-order chi connectivity index (χ0) is 12.1. The van der Waals surface area contributed by atoms with Crippen LogP contribution in [-0.2, 0) is 6.61 Å². The smallest absolute Gasteiger partial charge is 0.156 e. The molecular formula is C13H10ClNO2. The van der Waals surface area contributed by atoms with Gasteiger partial charge in [-0.3, -0.25) is 4.79 Å². The Morgan fingerprint density at radius 2 is 2.00 bits per heavy atom. The van der Waals surface area contributed by atoms with Crippen molar-refractivity contribution < 1.29 is 9.53 Å². The number of aldehydes is 1. The van der Waals surface area contributed by atoms with Gasteiger partial charge in [-0.15, -0.1) is 0 Å². The molecule has 1 heterocycles. The first-order valence-electron chi connectivity index (χ1n) is 5.07. The molecule has 0 aliphatic carbocycles. The van der Waals surface area contributed by atoms with Crippen molar-refractivity contribution in [2.24, 2.45) is 0 Å². The fourth-order valence-corrected chi connectivity index (χ4v) is 1.59. The van der Waals surface area contributed by atoms with Crippen LogP contribution in [0.1, 0.15) is 15.9 Å². The number of hydrogen-bond acceptors (Lipinski definition) is 3. The van der Waals surface area contributed by atoms with E-state index in [1.54, 1.807) is 6.07 Å². The molecule has 1 aromatic heterocycles. The third kappa shape index (κ3) is 2.82. The van der Waals surface area contributed by atoms with Crippen molar-refractivity contribution in [2.45, 2.75) is 6.61 Å². The Labute approximate surface area is 104 Å². The number of rotatable bonds is 4. The van der Waals surface area contributed by atoms with Crippen LogP contribution < -0.4 is 4.74 Å². The molecule has 0 aliphatic heterocycles. The van der Waals surface area contributed by atoms with E-state index in [0.29, 0.717) is 18.6 Å². The van der Waals surface area contributed by atoms with Crippen LogP contribution in [-0.4, -0.2) is 11.3 Å². The minimum absolute atomic E-state index is 0.158. The molecule has 3 nitrogen and oxygen atoms in total. The van der Waals surface area contributed by atoms with Crippen molar-refractivity contribution in [1.29, 1.82) is 0 Å². The average molecular weight is 248 g/mol. The van der Waals surface area contributed by atoms with Crippen molar-refractivity contribution in [1.82, 2.24) is 4.98 Å². The van der Waals surface area contributed by atoms with Crippen LogP contribution in [0.4, 0.5) is 0 Å². The zero-order valence-electron chi connectivity index (χ0n) is 8.97. The number of carbonyl (C=O) groups excluding carboxylic acids is 1. The van der Waals surface area contributed by atoms with Gasteiger partial charge in [0.15, 0.2) is 6.29 Å². The lowest BCUT2D eigenvalue weighted by atomic mass is 10.2. The van der Waals surface area contributed by atoms with Crippen molar-refractivity contribution in [3.8, 4) is 5.75 Å². The summed E-state index contributed by atoms with van der Waals surface area (Å²) in [5, 5.41) is 0.158. The second kappa shape index (κ2) is 5.46. The molecule has 0 saturated carbocycles. The fourth-order valence-electron chi connectivity index (χ4n) is 1.40. The van der Waals surface area contributed by atoms with Gasteiger partial charge in [-0.05, 0) is 11.6 Å². The second-order valence-electron chi connectivity index (χ2n) is 3.41. The summed E-state index contributed by atoms with van der Waals surface area (Å²) in [6.07, 6.45) is 2.16. The van der Waals surface area contributed by atoms with E-state index < -0.39 is 0 Å². The lowest BCUT2D eigenvalue weighted by Crippen LogP contribution is -1.99. The third-order valence-corrected chi connectivity index (χ3v) is 2.56. The Bertz CT molecular complexity index is 514. The number of nitrogens with zero attached hydrogens (tertiary/aromatic N) is 1. The second-order valence-corrected chi connectivity index (χ2v) is 3.76. The summed E-state index contributed by atoms with van der Waals surface area (Å²) in [6.45, 7) is 0.391. The Morgan fingerprint density at radius 3 is 2.71 bits per heavy atom. The summed E-state index contributed by atoms with van der Waals surface area (Å²) in [6, 6.07) is 11.3. The molecule has 0 fully saturated rings. The first-order valence-corrected chi connectivity index (χ1v) is 5.45. The van der Waals surface area contributed by atoms with Gasteiger partial charge in [0.25, 0.3) is 0 Å². The molecule has 0 unspecified atom stereocenters. The summed E-state index contributed by atoms with van der Waals surface area (Å²) >= 11 is 5.79. The molecule has 0 spiro atoms. The zero-order valence-corrected chi connectivity index (χ0v) is 9.72. The van der Waals surface area contributed by atoms with Crippen molar-refractivity contribution >= 4 is 17.9 Å². The standard InChI is InChI=1S/C13H10ClNO2/c14-13-11(8-16)12(6-7-15-13)17-9-10-4-2-1-3-5-10/h1-8H,9H2. The van der Waals surface area contributed by atoms with E-state index >= 15 is 0 Å². The Kier molecular flexibility index (Phi) is 3.73. The van der Waals surface area contributed by atoms with Gasteiger partial charge in [0.2, 0.25) is 0 Å². The third-order valence-electron chi connectivity index (χ3n) is 2.26. The topological polar surface area (TPSA) is 39.2 Å². The summed E-state index contributed by atoms with van der Waals surface area (Å²) < 4.78 is 5.54. The van der Waals surface area contributed by atoms with Gasteiger partial charge in [-0.2, -0.15) is 0 Å². The molecule has 17 heavy (non-hydrogen) atoms. The molecule has 0 radical (unpaired) electrons. The highest BCUT2D eigenvalue weighted by atomic mass is 35.5. The average Bonchev–Trinajstić information content (AvgIpc) is 2.37. The number of ether oxygens (including phenoxy) is 1. The maximum absolute atomic E-state index is 10.9. The number of carbonyl (C=O) groups is 1. The van der Waals surface area contributed by atoms with Gasteiger partial charge >= 0.3 is 0 Å². The molecule has 1 aromatic carbocycles. The van der Waals surface area contributed by atoms with E-state index in [-0.39, 0.29) is 10.7 Å². The van der Waals surface area contributed by atoms with E-state index in [0.717, 1.165) is 5.56 Å². The molecular weight excluding hydrogens is 238 g/mol. The molecule has 0 amide bonds. The van der Waals surface area contributed by atoms with Crippen LogP contribution in [0.25, 0.3) is 0 Å². The van der Waals surface area contributed by atoms with Crippen LogP contribution in [0, 0.1) is 0 Å². The van der Waals surface area contributed by atoms with Crippen molar-refractivity contribution in [3.05, 3.63) is 58.9 Å². The fraction of sp³-hybridized carbons (Fsp3) is 0.0769. The molecule has 2 aromatic rings. The summed E-state index contributed by atoms with van der Waals surface area (Å²) in [4.78, 5) is 14.7. The predicted octanol–water partition coefficient (Wildman–Crippen LogP) is 3.13. The van der Waals surface area contributed by atoms with Crippen LogP contribution >= 0.6 is 11.6 Å². The highest BCUT2D eigenvalue weighted by molar-refractivity contribution is 6.32. The molecule has 0 bridgehead atoms. The van der Waals surface area contributed by atoms with Gasteiger partial charge in [0.1, 0.15) is 17.5 Å². The lowest BCUT2D eigenvalue weighted by Gasteiger charge is -2.08. The maximum Gasteiger partial charge on any atom is 0.156 e. The van der Waals surface area contributed by atoms with Gasteiger partial charge < -0.3 is 4.74 Å². The summed E-state index contributed by atoms with van der Waals surface area (Å²) in [5.41, 5.74) is 1.31. The molecule has 86 valence electrons. The lowest BCUT2D eigenvalue weighted by molar-refractivity contribution is 0.111. The Hall–Kier alpha value is -1.87. The van der Waals surface area contributed by atoms with Crippen LogP contribution in [0.2, 0.25) is 5.15 Å². The van der Waals surface area contributed by atoms with Gasteiger partial charge in [-0.1, -0.05) is 41.9 Å². The predicted molar refractivity (Wildman–Crippen MR) is 65.4 cm³/mol. The monoisotopic (exact) mass is 247 g/mol. The highest BCUT2D eigenvalue weighted by Crippen LogP contribution is 2.23. The summed E-state index contributed by atoms with van der Waals surface area (Å²) in [5.74, 6) is 0.448. The first-order chi connectivity index (χ1) is 8.31. The quantitative estimate of drug-likeness (QED) is 0.616. The van der Waals surface area contributed by atoms with Crippen molar-refractivity contribution in [2.75, 3.05) is 0 Å². The van der Waals surface area contributed by atoms with E-state index in [1.807, 2.05) is 30.3 Å². The minimum Gasteiger partial charge on any atom is -0.488 e. The Balaban J connectivity index is 2.14. The Morgan fingerprint density at radius 1 is 1.24 bits per heavy atom. The number of halogens is 1. The minimum atomic E-state index is 0.158. The van der Waals surface area contributed by atoms with E-state index in [9.17, 15) is 4.79 Å². The van der Waals surface area contributed by atoms with Gasteiger partial charge in [0, 0.05) is 6.20 Å². The largest absolute Gasteiger partial charge is 0.488 e. The van der Waals surface area contributed by atoms with Crippen LogP contribution in [0.5, 0.6) is 5.75 Å². The molecule has 0 saturated heterocycles. The van der Waals surface area contributed by atoms with Crippen LogP contribution in [0.3, 0.4) is 0 Å². The highest BCUT2D eigenvalue weighted by Gasteiger charge is 2.08. The van der Waals surface area contributed by atoms with E-state index in [2.05, 4.69) is 4.98 Å². The number of aromatic nitrogens is 1. The van der Waals surface area contributed by atoms with E-state index in [1.165, 1.54) is 6.20 Å². The summed E-state index contributed by atoms with van der Waals surface area (Å²) in [7, 11) is 0. The van der Waals surface area contributed by atoms with E-state index in [4.69, 9.17) is 16.3 Å². The SMILES string of the molecule is O=Cc1c(OCc2ccccc2)ccnc1Cl. The van der Waals surface area contributed by atoms with Gasteiger partial charge in [0.05, 0.1) is 5.56 Å². The maximum atomic E-state index is 10.9. The van der Waals surface area contributed by atoms with Gasteiger partial charge in [-0.25, -0.2) is 4.98 Å². The molecule has 0 N–H and O–H groups in total. The number of hydrogen-bond donors (Lipinski definition) is 0. The number of pyridine rings is 1. The molecule has 0 aliphatic rings.